The first-order chi connectivity index (χ1) is 12.1. The van der Waals surface area contributed by atoms with Gasteiger partial charge in [-0.2, -0.15) is 14.6 Å². The number of ether oxygens (including phenoxy) is 3. The topological polar surface area (TPSA) is 99.9 Å². The van der Waals surface area contributed by atoms with E-state index in [2.05, 4.69) is 20.4 Å². The third kappa shape index (κ3) is 3.03. The molecule has 0 atom stereocenters. The summed E-state index contributed by atoms with van der Waals surface area (Å²) < 4.78 is 17.3. The zero-order valence-corrected chi connectivity index (χ0v) is 14.2. The molecular formula is C16H17N5O4. The second kappa shape index (κ2) is 6.63. The van der Waals surface area contributed by atoms with Crippen LogP contribution in [0.4, 0.5) is 5.82 Å². The zero-order valence-electron chi connectivity index (χ0n) is 14.2. The number of anilines is 1. The number of methoxy groups -OCH3 is 3. The number of hydrogen-bond acceptors (Lipinski definition) is 7. The minimum absolute atomic E-state index is 0.345. The van der Waals surface area contributed by atoms with E-state index >= 15 is 0 Å². The van der Waals surface area contributed by atoms with Gasteiger partial charge in [0.05, 0.1) is 21.3 Å². The summed E-state index contributed by atoms with van der Waals surface area (Å²) in [5, 5.41) is 6.86. The molecule has 0 fully saturated rings. The van der Waals surface area contributed by atoms with Crippen LogP contribution in [0.5, 0.6) is 17.2 Å². The Bertz CT molecular complexity index is 912. The largest absolute Gasteiger partial charge is 0.493 e. The van der Waals surface area contributed by atoms with Crippen molar-refractivity contribution in [3.8, 4) is 17.2 Å². The van der Waals surface area contributed by atoms with Gasteiger partial charge in [0.2, 0.25) is 5.75 Å². The summed E-state index contributed by atoms with van der Waals surface area (Å²) in [7, 11) is 4.48. The number of fused-ring (bicyclic) bond motifs is 1. The van der Waals surface area contributed by atoms with E-state index in [1.165, 1.54) is 32.2 Å². The third-order valence-corrected chi connectivity index (χ3v) is 3.55. The summed E-state index contributed by atoms with van der Waals surface area (Å²) in [6.45, 7) is 1.81. The summed E-state index contributed by atoms with van der Waals surface area (Å²) in [6, 6.07) is 4.85. The first-order valence-corrected chi connectivity index (χ1v) is 7.36. The van der Waals surface area contributed by atoms with E-state index in [1.54, 1.807) is 18.2 Å². The monoisotopic (exact) mass is 343 g/mol. The van der Waals surface area contributed by atoms with Crippen LogP contribution in [0.15, 0.2) is 24.5 Å². The minimum atomic E-state index is -0.360. The van der Waals surface area contributed by atoms with E-state index in [0.717, 1.165) is 0 Å². The predicted molar refractivity (Wildman–Crippen MR) is 89.6 cm³/mol. The lowest BCUT2D eigenvalue weighted by Gasteiger charge is -2.14. The van der Waals surface area contributed by atoms with E-state index in [9.17, 15) is 4.79 Å². The molecule has 9 nitrogen and oxygen atoms in total. The van der Waals surface area contributed by atoms with Gasteiger partial charge in [-0.1, -0.05) is 0 Å². The van der Waals surface area contributed by atoms with Crippen molar-refractivity contribution < 1.29 is 19.0 Å². The van der Waals surface area contributed by atoms with Crippen LogP contribution >= 0.6 is 0 Å². The fourth-order valence-electron chi connectivity index (χ4n) is 2.42. The average molecular weight is 343 g/mol. The van der Waals surface area contributed by atoms with Crippen LogP contribution in [0.2, 0.25) is 0 Å². The highest BCUT2D eigenvalue weighted by molar-refractivity contribution is 6.04. The molecule has 0 saturated carbocycles. The fraction of sp³-hybridized carbons (Fsp3) is 0.250. The molecule has 0 aliphatic carbocycles. The van der Waals surface area contributed by atoms with Gasteiger partial charge in [-0.3, -0.25) is 4.79 Å². The Kier molecular flexibility index (Phi) is 4.38. The molecule has 3 aromatic rings. The van der Waals surface area contributed by atoms with Gasteiger partial charge in [0.15, 0.2) is 11.5 Å². The van der Waals surface area contributed by atoms with Gasteiger partial charge in [-0.25, -0.2) is 4.98 Å². The van der Waals surface area contributed by atoms with Crippen molar-refractivity contribution >= 4 is 17.5 Å². The lowest BCUT2D eigenvalue weighted by molar-refractivity contribution is 0.102. The maximum atomic E-state index is 12.7. The lowest BCUT2D eigenvalue weighted by atomic mass is 10.1. The van der Waals surface area contributed by atoms with Gasteiger partial charge in [-0.05, 0) is 19.1 Å². The fourth-order valence-corrected chi connectivity index (χ4v) is 2.42. The van der Waals surface area contributed by atoms with Crippen molar-refractivity contribution in [3.05, 3.63) is 35.8 Å². The van der Waals surface area contributed by atoms with E-state index < -0.39 is 0 Å². The second-order valence-corrected chi connectivity index (χ2v) is 5.12. The van der Waals surface area contributed by atoms with E-state index in [4.69, 9.17) is 14.2 Å². The van der Waals surface area contributed by atoms with Gasteiger partial charge in [0.1, 0.15) is 12.1 Å². The highest BCUT2D eigenvalue weighted by atomic mass is 16.5. The Morgan fingerprint density at radius 3 is 2.36 bits per heavy atom. The number of rotatable bonds is 5. The molecule has 1 amide bonds. The highest BCUT2D eigenvalue weighted by Gasteiger charge is 2.18. The van der Waals surface area contributed by atoms with E-state index in [1.807, 2.05) is 6.92 Å². The Balaban J connectivity index is 1.99. The predicted octanol–water partition coefficient (Wildman–Crippen LogP) is 1.71. The smallest absolute Gasteiger partial charge is 0.257 e. The van der Waals surface area contributed by atoms with Crippen LogP contribution in [0.25, 0.3) is 5.78 Å². The Morgan fingerprint density at radius 2 is 1.76 bits per heavy atom. The van der Waals surface area contributed by atoms with E-state index in [0.29, 0.717) is 40.1 Å². The molecule has 25 heavy (non-hydrogen) atoms. The van der Waals surface area contributed by atoms with Crippen LogP contribution in [0, 0.1) is 6.92 Å². The Labute approximate surface area is 143 Å². The maximum Gasteiger partial charge on any atom is 0.257 e. The summed E-state index contributed by atoms with van der Waals surface area (Å²) in [6.07, 6.45) is 1.37. The first kappa shape index (κ1) is 16.5. The van der Waals surface area contributed by atoms with Crippen LogP contribution in [0.3, 0.4) is 0 Å². The quantitative estimate of drug-likeness (QED) is 0.753. The maximum absolute atomic E-state index is 12.7. The molecule has 3 rings (SSSR count). The number of aryl methyl sites for hydroxylation is 1. The highest BCUT2D eigenvalue weighted by Crippen LogP contribution is 2.38. The number of nitrogens with zero attached hydrogens (tertiary/aromatic N) is 4. The number of benzene rings is 1. The van der Waals surface area contributed by atoms with Crippen LogP contribution in [-0.4, -0.2) is 46.8 Å². The number of carbonyl (C=O) groups is 1. The van der Waals surface area contributed by atoms with Gasteiger partial charge in [-0.15, -0.1) is 0 Å². The van der Waals surface area contributed by atoms with Gasteiger partial charge >= 0.3 is 0 Å². The molecule has 1 aromatic carbocycles. The molecule has 2 aromatic heterocycles. The van der Waals surface area contributed by atoms with Gasteiger partial charge < -0.3 is 19.5 Å². The standard InChI is InChI=1S/C16H17N5O4/c1-9-5-13(21-16(19-9)17-8-18-21)20-15(22)10-6-11(23-2)14(25-4)12(7-10)24-3/h5-8H,1-4H3,(H,20,22). The van der Waals surface area contributed by atoms with Crippen molar-refractivity contribution in [2.75, 3.05) is 26.6 Å². The van der Waals surface area contributed by atoms with Crippen molar-refractivity contribution in [1.82, 2.24) is 19.6 Å². The molecule has 1 N–H and O–H groups in total. The van der Waals surface area contributed by atoms with Crippen LogP contribution in [0.1, 0.15) is 16.1 Å². The molecule has 9 heteroatoms. The molecule has 0 bridgehead atoms. The Hall–Kier alpha value is -3.36. The van der Waals surface area contributed by atoms with Gasteiger partial charge in [0, 0.05) is 17.3 Å². The molecule has 2 heterocycles. The number of nitrogens with one attached hydrogen (secondary N) is 1. The molecule has 0 unspecified atom stereocenters. The van der Waals surface area contributed by atoms with Crippen molar-refractivity contribution in [1.29, 1.82) is 0 Å². The van der Waals surface area contributed by atoms with Gasteiger partial charge in [0.25, 0.3) is 11.7 Å². The summed E-state index contributed by atoms with van der Waals surface area (Å²) >= 11 is 0. The molecule has 0 aliphatic heterocycles. The molecule has 0 saturated heterocycles. The number of aromatic nitrogens is 4. The third-order valence-electron chi connectivity index (χ3n) is 3.55. The molecule has 0 aliphatic rings. The van der Waals surface area contributed by atoms with Crippen molar-refractivity contribution in [2.45, 2.75) is 6.92 Å². The summed E-state index contributed by atoms with van der Waals surface area (Å²) in [5.74, 6) is 1.70. The molecule has 0 radical (unpaired) electrons. The molecule has 0 spiro atoms. The summed E-state index contributed by atoms with van der Waals surface area (Å²) in [5.41, 5.74) is 1.05. The van der Waals surface area contributed by atoms with Crippen molar-refractivity contribution in [3.63, 3.8) is 0 Å². The second-order valence-electron chi connectivity index (χ2n) is 5.12. The van der Waals surface area contributed by atoms with E-state index in [-0.39, 0.29) is 5.91 Å². The van der Waals surface area contributed by atoms with Crippen LogP contribution in [-0.2, 0) is 0 Å². The van der Waals surface area contributed by atoms with Crippen LogP contribution < -0.4 is 19.5 Å². The Morgan fingerprint density at radius 1 is 1.08 bits per heavy atom. The number of hydrogen-bond donors (Lipinski definition) is 1. The lowest BCUT2D eigenvalue weighted by Crippen LogP contribution is -2.16. The zero-order chi connectivity index (χ0) is 18.0. The number of carbonyl (C=O) groups excluding carboxylic acids is 1. The first-order valence-electron chi connectivity index (χ1n) is 7.36. The normalized spacial score (nSPS) is 10.6. The summed E-state index contributed by atoms with van der Waals surface area (Å²) in [4.78, 5) is 20.9. The SMILES string of the molecule is COc1cc(C(=O)Nc2cc(C)nc3ncnn23)cc(OC)c1OC. The number of amides is 1. The molecule has 130 valence electrons. The minimum Gasteiger partial charge on any atom is -0.493 e. The average Bonchev–Trinajstić information content (AvgIpc) is 3.08. The molecular weight excluding hydrogens is 326 g/mol. The van der Waals surface area contributed by atoms with Crippen molar-refractivity contribution in [2.24, 2.45) is 0 Å².